The molecule has 0 spiro atoms. The molecule has 2 aromatic heterocycles. The number of amides is 1. The van der Waals surface area contributed by atoms with Crippen molar-refractivity contribution in [2.75, 3.05) is 20.2 Å². The quantitative estimate of drug-likeness (QED) is 0.442. The second-order valence-corrected chi connectivity index (χ2v) is 8.29. The van der Waals surface area contributed by atoms with E-state index in [-0.39, 0.29) is 5.91 Å². The minimum atomic E-state index is -0.0670. The average Bonchev–Trinajstić information content (AvgIpc) is 3.58. The standard InChI is InChI=1S/C26H26N4O2/c1-32-21-6-4-5-19(15-21)24-25(28-13-12-27-24)26(31)30(17-18-9-10-18)14-11-20-16-29-23-8-3-2-7-22(20)23/h2-8,12-13,15-16,18,29H,9-11,14,17H2,1H3. The Hall–Kier alpha value is -3.67. The molecule has 0 radical (unpaired) electrons. The first-order valence-corrected chi connectivity index (χ1v) is 11.0. The molecular formula is C26H26N4O2. The molecule has 162 valence electrons. The van der Waals surface area contributed by atoms with Crippen LogP contribution in [0.3, 0.4) is 0 Å². The Labute approximate surface area is 187 Å². The summed E-state index contributed by atoms with van der Waals surface area (Å²) in [6.45, 7) is 1.40. The summed E-state index contributed by atoms with van der Waals surface area (Å²) in [6, 6.07) is 15.9. The van der Waals surface area contributed by atoms with Gasteiger partial charge in [0, 0.05) is 48.1 Å². The molecule has 2 aromatic carbocycles. The highest BCUT2D eigenvalue weighted by Gasteiger charge is 2.29. The number of H-pyrrole nitrogens is 1. The molecule has 1 aliphatic rings. The van der Waals surface area contributed by atoms with Gasteiger partial charge in [-0.2, -0.15) is 0 Å². The van der Waals surface area contributed by atoms with Crippen molar-refractivity contribution in [2.24, 2.45) is 5.92 Å². The Morgan fingerprint density at radius 3 is 2.81 bits per heavy atom. The van der Waals surface area contributed by atoms with Gasteiger partial charge in [0.1, 0.15) is 11.4 Å². The number of aromatic amines is 1. The largest absolute Gasteiger partial charge is 0.497 e. The van der Waals surface area contributed by atoms with E-state index in [9.17, 15) is 4.79 Å². The fraction of sp³-hybridized carbons (Fsp3) is 0.269. The second kappa shape index (κ2) is 8.83. The molecule has 6 nitrogen and oxygen atoms in total. The monoisotopic (exact) mass is 426 g/mol. The molecule has 2 heterocycles. The van der Waals surface area contributed by atoms with Crippen molar-refractivity contribution >= 4 is 16.8 Å². The van der Waals surface area contributed by atoms with Crippen LogP contribution in [-0.2, 0) is 6.42 Å². The molecule has 0 atom stereocenters. The number of benzene rings is 2. The number of carbonyl (C=O) groups is 1. The van der Waals surface area contributed by atoms with Gasteiger partial charge < -0.3 is 14.6 Å². The third kappa shape index (κ3) is 4.21. The summed E-state index contributed by atoms with van der Waals surface area (Å²) in [5.74, 6) is 1.24. The maximum Gasteiger partial charge on any atom is 0.274 e. The first-order valence-electron chi connectivity index (χ1n) is 11.0. The molecule has 4 aromatic rings. The van der Waals surface area contributed by atoms with Crippen molar-refractivity contribution in [2.45, 2.75) is 19.3 Å². The summed E-state index contributed by atoms with van der Waals surface area (Å²) in [5, 5.41) is 1.21. The predicted octanol–water partition coefficient (Wildman–Crippen LogP) is 4.73. The van der Waals surface area contributed by atoms with Gasteiger partial charge in [0.2, 0.25) is 0 Å². The molecule has 1 amide bonds. The van der Waals surface area contributed by atoms with Crippen LogP contribution in [0.1, 0.15) is 28.9 Å². The molecule has 5 rings (SSSR count). The number of hydrogen-bond donors (Lipinski definition) is 1. The smallest absolute Gasteiger partial charge is 0.274 e. The fourth-order valence-corrected chi connectivity index (χ4v) is 4.11. The van der Waals surface area contributed by atoms with Gasteiger partial charge >= 0.3 is 0 Å². The first kappa shape index (κ1) is 20.2. The van der Waals surface area contributed by atoms with E-state index in [0.717, 1.165) is 29.8 Å². The maximum absolute atomic E-state index is 13.7. The van der Waals surface area contributed by atoms with Crippen molar-refractivity contribution in [1.82, 2.24) is 19.9 Å². The zero-order valence-corrected chi connectivity index (χ0v) is 18.1. The van der Waals surface area contributed by atoms with Crippen LogP contribution in [-0.4, -0.2) is 46.0 Å². The van der Waals surface area contributed by atoms with Gasteiger partial charge in [-0.05, 0) is 48.9 Å². The van der Waals surface area contributed by atoms with Gasteiger partial charge in [0.25, 0.3) is 5.91 Å². The van der Waals surface area contributed by atoms with Crippen molar-refractivity contribution in [3.05, 3.63) is 78.4 Å². The number of nitrogens with zero attached hydrogens (tertiary/aromatic N) is 3. The molecule has 1 saturated carbocycles. The van der Waals surface area contributed by atoms with E-state index in [1.165, 1.54) is 23.8 Å². The molecule has 6 heteroatoms. The van der Waals surface area contributed by atoms with Crippen LogP contribution in [0.2, 0.25) is 0 Å². The number of para-hydroxylation sites is 1. The molecule has 32 heavy (non-hydrogen) atoms. The van der Waals surface area contributed by atoms with Crippen molar-refractivity contribution in [3.63, 3.8) is 0 Å². The number of hydrogen-bond acceptors (Lipinski definition) is 4. The summed E-state index contributed by atoms with van der Waals surface area (Å²) < 4.78 is 5.35. The molecule has 1 fully saturated rings. The van der Waals surface area contributed by atoms with E-state index >= 15 is 0 Å². The Kier molecular flexibility index (Phi) is 5.58. The second-order valence-electron chi connectivity index (χ2n) is 8.29. The normalized spacial score (nSPS) is 13.3. The zero-order chi connectivity index (χ0) is 21.9. The molecular weight excluding hydrogens is 400 g/mol. The Morgan fingerprint density at radius 2 is 1.97 bits per heavy atom. The average molecular weight is 427 g/mol. The molecule has 0 saturated heterocycles. The van der Waals surface area contributed by atoms with E-state index in [1.807, 2.05) is 41.3 Å². The van der Waals surface area contributed by atoms with E-state index in [1.54, 1.807) is 19.5 Å². The fourth-order valence-electron chi connectivity index (χ4n) is 4.11. The van der Waals surface area contributed by atoms with Crippen LogP contribution in [0.5, 0.6) is 5.75 Å². The lowest BCUT2D eigenvalue weighted by molar-refractivity contribution is 0.0744. The number of rotatable bonds is 8. The van der Waals surface area contributed by atoms with Crippen LogP contribution < -0.4 is 4.74 Å². The van der Waals surface area contributed by atoms with Crippen molar-refractivity contribution in [1.29, 1.82) is 0 Å². The van der Waals surface area contributed by atoms with E-state index in [0.29, 0.717) is 23.9 Å². The highest BCUT2D eigenvalue weighted by atomic mass is 16.5. The number of methoxy groups -OCH3 is 1. The number of aromatic nitrogens is 3. The lowest BCUT2D eigenvalue weighted by Crippen LogP contribution is -2.35. The van der Waals surface area contributed by atoms with Crippen molar-refractivity contribution < 1.29 is 9.53 Å². The summed E-state index contributed by atoms with van der Waals surface area (Å²) in [7, 11) is 1.63. The zero-order valence-electron chi connectivity index (χ0n) is 18.1. The van der Waals surface area contributed by atoms with Crippen LogP contribution in [0.15, 0.2) is 67.1 Å². The summed E-state index contributed by atoms with van der Waals surface area (Å²) in [6.07, 6.45) is 8.42. The number of ether oxygens (including phenoxy) is 1. The van der Waals surface area contributed by atoms with Gasteiger partial charge in [-0.3, -0.25) is 9.78 Å². The van der Waals surface area contributed by atoms with Crippen LogP contribution in [0.25, 0.3) is 22.2 Å². The Balaban J connectivity index is 1.42. The first-order chi connectivity index (χ1) is 15.7. The highest BCUT2D eigenvalue weighted by molar-refractivity contribution is 5.98. The topological polar surface area (TPSA) is 71.1 Å². The minimum absolute atomic E-state index is 0.0670. The maximum atomic E-state index is 13.7. The van der Waals surface area contributed by atoms with Crippen LogP contribution in [0.4, 0.5) is 0 Å². The van der Waals surface area contributed by atoms with E-state index in [2.05, 4.69) is 33.3 Å². The molecule has 1 N–H and O–H groups in total. The summed E-state index contributed by atoms with van der Waals surface area (Å²) in [5.41, 5.74) is 4.14. The number of carbonyl (C=O) groups excluding carboxylic acids is 1. The lowest BCUT2D eigenvalue weighted by Gasteiger charge is -2.23. The summed E-state index contributed by atoms with van der Waals surface area (Å²) in [4.78, 5) is 27.9. The molecule has 0 bridgehead atoms. The van der Waals surface area contributed by atoms with E-state index < -0.39 is 0 Å². The predicted molar refractivity (Wildman–Crippen MR) is 125 cm³/mol. The Morgan fingerprint density at radius 1 is 1.12 bits per heavy atom. The minimum Gasteiger partial charge on any atom is -0.497 e. The van der Waals surface area contributed by atoms with Gasteiger partial charge in [-0.15, -0.1) is 0 Å². The van der Waals surface area contributed by atoms with Crippen LogP contribution >= 0.6 is 0 Å². The highest BCUT2D eigenvalue weighted by Crippen LogP contribution is 2.31. The summed E-state index contributed by atoms with van der Waals surface area (Å²) >= 11 is 0. The van der Waals surface area contributed by atoms with Gasteiger partial charge in [0.15, 0.2) is 5.69 Å². The van der Waals surface area contributed by atoms with Gasteiger partial charge in [-0.25, -0.2) is 4.98 Å². The SMILES string of the molecule is COc1cccc(-c2nccnc2C(=O)N(CCc2c[nH]c3ccccc23)CC2CC2)c1. The lowest BCUT2D eigenvalue weighted by atomic mass is 10.1. The molecule has 1 aliphatic carbocycles. The third-order valence-electron chi connectivity index (χ3n) is 6.03. The van der Waals surface area contributed by atoms with Crippen molar-refractivity contribution in [3.8, 4) is 17.0 Å². The third-order valence-corrected chi connectivity index (χ3v) is 6.03. The van der Waals surface area contributed by atoms with Gasteiger partial charge in [0.05, 0.1) is 7.11 Å². The number of nitrogens with one attached hydrogen (secondary N) is 1. The van der Waals surface area contributed by atoms with Crippen LogP contribution in [0, 0.1) is 5.92 Å². The molecule has 0 unspecified atom stereocenters. The Bertz CT molecular complexity index is 1250. The number of fused-ring (bicyclic) bond motifs is 1. The van der Waals surface area contributed by atoms with Gasteiger partial charge in [-0.1, -0.05) is 30.3 Å². The molecule has 0 aliphatic heterocycles. The van der Waals surface area contributed by atoms with E-state index in [4.69, 9.17) is 4.74 Å².